The Hall–Kier alpha value is -2.82. The number of aromatic amines is 1. The number of furan rings is 1. The zero-order chi connectivity index (χ0) is 15.3. The van der Waals surface area contributed by atoms with Crippen molar-refractivity contribution in [3.05, 3.63) is 70.9 Å². The van der Waals surface area contributed by atoms with Gasteiger partial charge in [0.05, 0.1) is 6.26 Å². The summed E-state index contributed by atoms with van der Waals surface area (Å²) in [7, 11) is 0. The van der Waals surface area contributed by atoms with Crippen molar-refractivity contribution >= 4 is 11.6 Å². The van der Waals surface area contributed by atoms with Gasteiger partial charge in [0.1, 0.15) is 11.8 Å². The van der Waals surface area contributed by atoms with E-state index in [1.807, 2.05) is 50.2 Å². The SMILES string of the molecule is Cc1ccc(N2C(=O)c3n[nH]c(C)c3[C@H]2c2ccco2)cc1. The van der Waals surface area contributed by atoms with Gasteiger partial charge in [0.15, 0.2) is 5.69 Å². The standard InChI is InChI=1S/C17H15N3O2/c1-10-5-7-12(8-6-10)20-16(13-4-3-9-22-13)14-11(2)18-19-15(14)17(20)21/h3-9,16H,1-2H3,(H,18,19)/t16-/m1/s1. The molecule has 1 aromatic carbocycles. The predicted molar refractivity (Wildman–Crippen MR) is 81.9 cm³/mol. The molecule has 0 aliphatic carbocycles. The van der Waals surface area contributed by atoms with E-state index in [0.29, 0.717) is 5.69 Å². The molecule has 0 saturated heterocycles. The number of H-pyrrole nitrogens is 1. The fraction of sp³-hybridized carbons (Fsp3) is 0.176. The maximum absolute atomic E-state index is 12.8. The number of nitrogens with one attached hydrogen (secondary N) is 1. The molecule has 0 spiro atoms. The highest BCUT2D eigenvalue weighted by Crippen LogP contribution is 2.42. The fourth-order valence-corrected chi connectivity index (χ4v) is 2.98. The molecule has 3 aromatic rings. The van der Waals surface area contributed by atoms with Crippen molar-refractivity contribution in [2.24, 2.45) is 0 Å². The topological polar surface area (TPSA) is 62.1 Å². The molecule has 0 saturated carbocycles. The number of benzene rings is 1. The maximum Gasteiger partial charge on any atom is 0.280 e. The number of carbonyl (C=O) groups excluding carboxylic acids is 1. The van der Waals surface area contributed by atoms with Gasteiger partial charge in [0.2, 0.25) is 0 Å². The molecule has 1 atom stereocenters. The first-order valence-electron chi connectivity index (χ1n) is 7.15. The summed E-state index contributed by atoms with van der Waals surface area (Å²) in [6.45, 7) is 3.95. The first-order valence-corrected chi connectivity index (χ1v) is 7.15. The summed E-state index contributed by atoms with van der Waals surface area (Å²) in [5.74, 6) is 0.627. The third kappa shape index (κ3) is 1.72. The number of anilines is 1. The smallest absolute Gasteiger partial charge is 0.280 e. The van der Waals surface area contributed by atoms with Crippen LogP contribution in [0.5, 0.6) is 0 Å². The van der Waals surface area contributed by atoms with Gasteiger partial charge in [-0.15, -0.1) is 0 Å². The van der Waals surface area contributed by atoms with Crippen LogP contribution in [0.3, 0.4) is 0 Å². The van der Waals surface area contributed by atoms with Crippen LogP contribution in [0, 0.1) is 13.8 Å². The van der Waals surface area contributed by atoms with Crippen LogP contribution in [0.1, 0.15) is 39.1 Å². The molecule has 5 heteroatoms. The first-order chi connectivity index (χ1) is 10.7. The van der Waals surface area contributed by atoms with E-state index in [9.17, 15) is 4.79 Å². The van der Waals surface area contributed by atoms with Crippen LogP contribution >= 0.6 is 0 Å². The molecule has 4 rings (SSSR count). The zero-order valence-electron chi connectivity index (χ0n) is 12.3. The van der Waals surface area contributed by atoms with E-state index in [1.54, 1.807) is 11.2 Å². The van der Waals surface area contributed by atoms with Crippen LogP contribution < -0.4 is 4.90 Å². The molecule has 1 aliphatic rings. The van der Waals surface area contributed by atoms with E-state index in [2.05, 4.69) is 10.2 Å². The summed E-state index contributed by atoms with van der Waals surface area (Å²) >= 11 is 0. The number of nitrogens with zero attached hydrogens (tertiary/aromatic N) is 2. The van der Waals surface area contributed by atoms with Crippen LogP contribution in [-0.4, -0.2) is 16.1 Å². The molecule has 0 unspecified atom stereocenters. The van der Waals surface area contributed by atoms with Gasteiger partial charge in [-0.2, -0.15) is 5.10 Å². The minimum Gasteiger partial charge on any atom is -0.467 e. The molecule has 2 aromatic heterocycles. The van der Waals surface area contributed by atoms with Crippen molar-refractivity contribution in [2.75, 3.05) is 4.90 Å². The van der Waals surface area contributed by atoms with Crippen LogP contribution in [0.15, 0.2) is 47.1 Å². The average Bonchev–Trinajstić information content (AvgIpc) is 3.20. The van der Waals surface area contributed by atoms with Crippen LogP contribution in [0.25, 0.3) is 0 Å². The summed E-state index contributed by atoms with van der Waals surface area (Å²) in [6.07, 6.45) is 1.63. The summed E-state index contributed by atoms with van der Waals surface area (Å²) in [5, 5.41) is 7.08. The Morgan fingerprint density at radius 3 is 2.64 bits per heavy atom. The van der Waals surface area contributed by atoms with Crippen LogP contribution in [-0.2, 0) is 0 Å². The molecule has 1 N–H and O–H groups in total. The number of carbonyl (C=O) groups is 1. The van der Waals surface area contributed by atoms with E-state index >= 15 is 0 Å². The molecule has 5 nitrogen and oxygen atoms in total. The minimum absolute atomic E-state index is 0.107. The van der Waals surface area contributed by atoms with Crippen LogP contribution in [0.2, 0.25) is 0 Å². The first kappa shape index (κ1) is 12.9. The lowest BCUT2D eigenvalue weighted by Crippen LogP contribution is -2.29. The highest BCUT2D eigenvalue weighted by molar-refractivity contribution is 6.10. The highest BCUT2D eigenvalue weighted by Gasteiger charge is 2.43. The molecule has 3 heterocycles. The molecule has 22 heavy (non-hydrogen) atoms. The van der Waals surface area contributed by atoms with E-state index in [4.69, 9.17) is 4.42 Å². The maximum atomic E-state index is 12.8. The Bertz CT molecular complexity index is 831. The number of rotatable bonds is 2. The number of aryl methyl sites for hydroxylation is 2. The molecule has 0 fully saturated rings. The lowest BCUT2D eigenvalue weighted by Gasteiger charge is -2.24. The zero-order valence-corrected chi connectivity index (χ0v) is 12.3. The Labute approximate surface area is 127 Å². The van der Waals surface area contributed by atoms with Gasteiger partial charge in [0, 0.05) is 16.9 Å². The molecular formula is C17H15N3O2. The summed E-state index contributed by atoms with van der Waals surface area (Å²) < 4.78 is 5.59. The quantitative estimate of drug-likeness (QED) is 0.788. The lowest BCUT2D eigenvalue weighted by molar-refractivity contribution is 0.0987. The van der Waals surface area contributed by atoms with Crippen molar-refractivity contribution in [1.82, 2.24) is 10.2 Å². The van der Waals surface area contributed by atoms with Crippen molar-refractivity contribution < 1.29 is 9.21 Å². The van der Waals surface area contributed by atoms with Gasteiger partial charge in [-0.05, 0) is 38.1 Å². The van der Waals surface area contributed by atoms with E-state index in [0.717, 1.165) is 28.3 Å². The van der Waals surface area contributed by atoms with E-state index < -0.39 is 0 Å². The molecular weight excluding hydrogens is 278 g/mol. The Morgan fingerprint density at radius 1 is 1.18 bits per heavy atom. The van der Waals surface area contributed by atoms with E-state index in [-0.39, 0.29) is 11.9 Å². The average molecular weight is 293 g/mol. The van der Waals surface area contributed by atoms with Gasteiger partial charge >= 0.3 is 0 Å². The van der Waals surface area contributed by atoms with Gasteiger partial charge in [-0.25, -0.2) is 0 Å². The molecule has 1 aliphatic heterocycles. The van der Waals surface area contributed by atoms with Crippen molar-refractivity contribution in [1.29, 1.82) is 0 Å². The third-order valence-electron chi connectivity index (χ3n) is 4.07. The number of aromatic nitrogens is 2. The largest absolute Gasteiger partial charge is 0.467 e. The number of hydrogen-bond donors (Lipinski definition) is 1. The lowest BCUT2D eigenvalue weighted by atomic mass is 10.0. The van der Waals surface area contributed by atoms with Crippen LogP contribution in [0.4, 0.5) is 5.69 Å². The second kappa shape index (κ2) is 4.59. The Kier molecular flexibility index (Phi) is 2.69. The van der Waals surface area contributed by atoms with Gasteiger partial charge in [-0.1, -0.05) is 17.7 Å². The summed E-state index contributed by atoms with van der Waals surface area (Å²) in [5.41, 5.74) is 4.24. The number of hydrogen-bond acceptors (Lipinski definition) is 3. The molecule has 0 bridgehead atoms. The number of amides is 1. The van der Waals surface area contributed by atoms with Gasteiger partial charge in [0.25, 0.3) is 5.91 Å². The van der Waals surface area contributed by atoms with Gasteiger partial charge < -0.3 is 4.42 Å². The number of fused-ring (bicyclic) bond motifs is 1. The van der Waals surface area contributed by atoms with Crippen molar-refractivity contribution in [3.8, 4) is 0 Å². The van der Waals surface area contributed by atoms with Crippen molar-refractivity contribution in [3.63, 3.8) is 0 Å². The Morgan fingerprint density at radius 2 is 1.95 bits per heavy atom. The van der Waals surface area contributed by atoms with E-state index in [1.165, 1.54) is 0 Å². The third-order valence-corrected chi connectivity index (χ3v) is 4.07. The molecule has 110 valence electrons. The second-order valence-corrected chi connectivity index (χ2v) is 5.54. The summed E-state index contributed by atoms with van der Waals surface area (Å²) in [4.78, 5) is 14.5. The normalized spacial score (nSPS) is 17.1. The Balaban J connectivity index is 1.90. The molecule has 0 radical (unpaired) electrons. The predicted octanol–water partition coefficient (Wildman–Crippen LogP) is 3.37. The van der Waals surface area contributed by atoms with Crippen molar-refractivity contribution in [2.45, 2.75) is 19.9 Å². The fourth-order valence-electron chi connectivity index (χ4n) is 2.98. The summed E-state index contributed by atoms with van der Waals surface area (Å²) in [6, 6.07) is 11.3. The monoisotopic (exact) mass is 293 g/mol. The second-order valence-electron chi connectivity index (χ2n) is 5.54. The minimum atomic E-state index is -0.279. The van der Waals surface area contributed by atoms with Gasteiger partial charge in [-0.3, -0.25) is 14.8 Å². The molecule has 1 amide bonds. The highest BCUT2D eigenvalue weighted by atomic mass is 16.3.